The molecule has 2 aromatic heterocycles. The van der Waals surface area contributed by atoms with Crippen molar-refractivity contribution >= 4 is 24.1 Å². The van der Waals surface area contributed by atoms with E-state index < -0.39 is 47.3 Å². The van der Waals surface area contributed by atoms with Crippen LogP contribution < -0.4 is 11.2 Å². The number of pyridine rings is 1. The zero-order chi connectivity index (χ0) is 23.6. The van der Waals surface area contributed by atoms with Gasteiger partial charge >= 0.3 is 13.3 Å². The Labute approximate surface area is 181 Å². The van der Waals surface area contributed by atoms with E-state index in [1.807, 2.05) is 27.7 Å². The number of hydrogen-bond donors (Lipinski definition) is 1. The summed E-state index contributed by atoms with van der Waals surface area (Å²) in [4.78, 5) is 16.4. The molecule has 0 unspecified atom stereocenters. The van der Waals surface area contributed by atoms with Crippen LogP contribution in [0.1, 0.15) is 43.7 Å². The number of fused-ring (bicyclic) bond motifs is 1. The van der Waals surface area contributed by atoms with E-state index >= 15 is 0 Å². The number of imidazole rings is 1. The van der Waals surface area contributed by atoms with Crippen LogP contribution in [0.15, 0.2) is 36.5 Å². The summed E-state index contributed by atoms with van der Waals surface area (Å²) in [6.07, 6.45) is -3.23. The average molecular weight is 449 g/mol. The third kappa shape index (κ3) is 3.55. The third-order valence-corrected chi connectivity index (χ3v) is 5.96. The van der Waals surface area contributed by atoms with E-state index in [9.17, 15) is 22.4 Å². The molecule has 3 heterocycles. The van der Waals surface area contributed by atoms with Gasteiger partial charge in [0.2, 0.25) is 0 Å². The van der Waals surface area contributed by atoms with Crippen molar-refractivity contribution in [3.05, 3.63) is 53.6 Å². The quantitative estimate of drug-likeness (QED) is 0.490. The molecule has 32 heavy (non-hydrogen) atoms. The summed E-state index contributed by atoms with van der Waals surface area (Å²) in [6, 6.07) is 5.09. The van der Waals surface area contributed by atoms with Crippen molar-refractivity contribution < 1.29 is 31.7 Å². The Morgan fingerprint density at radius 2 is 1.72 bits per heavy atom. The molecule has 1 aromatic carbocycles. The van der Waals surface area contributed by atoms with Crippen molar-refractivity contribution in [1.29, 1.82) is 0 Å². The van der Waals surface area contributed by atoms with Crippen molar-refractivity contribution in [1.82, 2.24) is 9.38 Å². The number of primary amides is 1. The van der Waals surface area contributed by atoms with Crippen LogP contribution in [0.4, 0.5) is 17.6 Å². The van der Waals surface area contributed by atoms with Gasteiger partial charge in [0.25, 0.3) is 5.91 Å². The normalized spacial score (nSPS) is 17.8. The van der Waals surface area contributed by atoms with E-state index in [0.717, 1.165) is 0 Å². The lowest BCUT2D eigenvalue weighted by molar-refractivity contribution is -0.137. The summed E-state index contributed by atoms with van der Waals surface area (Å²) < 4.78 is 67.3. The zero-order valence-electron chi connectivity index (χ0n) is 17.7. The lowest BCUT2D eigenvalue weighted by atomic mass is 9.80. The average Bonchev–Trinajstić information content (AvgIpc) is 3.14. The van der Waals surface area contributed by atoms with Gasteiger partial charge in [-0.05, 0) is 63.5 Å². The minimum atomic E-state index is -4.70. The van der Waals surface area contributed by atoms with Crippen molar-refractivity contribution in [3.8, 4) is 11.3 Å². The minimum Gasteiger partial charge on any atom is -0.399 e. The van der Waals surface area contributed by atoms with Crippen molar-refractivity contribution in [2.75, 3.05) is 0 Å². The summed E-state index contributed by atoms with van der Waals surface area (Å²) in [5, 5.41) is 0. The molecule has 3 aromatic rings. The first-order valence-electron chi connectivity index (χ1n) is 9.76. The standard InChI is InChI=1S/C21H20BF4N3O3/c1-19(2)20(3,4)32-22(31-19)12-7-8-29-15(10-12)28-16(17(29)18(27)30)13-9-11(21(24,25)26)5-6-14(13)23/h5-10H,1-4H3,(H2,27,30). The molecular formula is C21H20BF4N3O3. The molecule has 6 nitrogen and oxygen atoms in total. The molecule has 1 fully saturated rings. The molecule has 1 aliphatic rings. The van der Waals surface area contributed by atoms with Crippen molar-refractivity contribution in [3.63, 3.8) is 0 Å². The molecule has 2 N–H and O–H groups in total. The van der Waals surface area contributed by atoms with Crippen LogP contribution in [0.3, 0.4) is 0 Å². The number of carbonyl (C=O) groups excluding carboxylic acids is 1. The fourth-order valence-electron chi connectivity index (χ4n) is 3.49. The maximum Gasteiger partial charge on any atom is 0.495 e. The molecule has 0 aliphatic carbocycles. The monoisotopic (exact) mass is 449 g/mol. The second kappa shape index (κ2) is 7.04. The molecule has 0 spiro atoms. The van der Waals surface area contributed by atoms with E-state index in [4.69, 9.17) is 15.0 Å². The number of hydrogen-bond acceptors (Lipinski definition) is 4. The topological polar surface area (TPSA) is 78.9 Å². The number of amides is 1. The van der Waals surface area contributed by atoms with Gasteiger partial charge in [0, 0.05) is 11.8 Å². The molecule has 1 aliphatic heterocycles. The van der Waals surface area contributed by atoms with E-state index in [0.29, 0.717) is 23.7 Å². The van der Waals surface area contributed by atoms with Gasteiger partial charge in [0.15, 0.2) is 0 Å². The van der Waals surface area contributed by atoms with Crippen molar-refractivity contribution in [2.24, 2.45) is 5.73 Å². The number of carbonyl (C=O) groups is 1. The van der Waals surface area contributed by atoms with Crippen LogP contribution in [-0.2, 0) is 15.5 Å². The van der Waals surface area contributed by atoms with Gasteiger partial charge in [-0.3, -0.25) is 9.20 Å². The van der Waals surface area contributed by atoms with Crippen LogP contribution in [0.2, 0.25) is 0 Å². The fraction of sp³-hybridized carbons (Fsp3) is 0.333. The summed E-state index contributed by atoms with van der Waals surface area (Å²) >= 11 is 0. The van der Waals surface area contributed by atoms with E-state index in [-0.39, 0.29) is 17.0 Å². The highest BCUT2D eigenvalue weighted by Crippen LogP contribution is 2.37. The maximum absolute atomic E-state index is 14.5. The van der Waals surface area contributed by atoms with Gasteiger partial charge in [-0.25, -0.2) is 9.37 Å². The molecule has 0 bridgehead atoms. The summed E-state index contributed by atoms with van der Waals surface area (Å²) in [5.41, 5.74) is 2.97. The highest BCUT2D eigenvalue weighted by molar-refractivity contribution is 6.62. The smallest absolute Gasteiger partial charge is 0.399 e. The van der Waals surface area contributed by atoms with E-state index in [1.165, 1.54) is 10.6 Å². The summed E-state index contributed by atoms with van der Waals surface area (Å²) in [5.74, 6) is -1.93. The lowest BCUT2D eigenvalue weighted by Gasteiger charge is -2.32. The minimum absolute atomic E-state index is 0.179. The molecule has 1 amide bonds. The van der Waals surface area contributed by atoms with E-state index in [2.05, 4.69) is 4.98 Å². The number of nitrogens with two attached hydrogens (primary N) is 1. The van der Waals surface area contributed by atoms with Crippen LogP contribution >= 0.6 is 0 Å². The Morgan fingerprint density at radius 3 is 2.28 bits per heavy atom. The van der Waals surface area contributed by atoms with Gasteiger partial charge in [-0.15, -0.1) is 0 Å². The Kier molecular flexibility index (Phi) is 4.91. The first kappa shape index (κ1) is 22.3. The first-order valence-corrected chi connectivity index (χ1v) is 9.76. The molecule has 1 saturated heterocycles. The summed E-state index contributed by atoms with van der Waals surface area (Å²) in [6.45, 7) is 7.56. The van der Waals surface area contributed by atoms with Crippen LogP contribution in [0, 0.1) is 5.82 Å². The number of alkyl halides is 3. The Bertz CT molecular complexity index is 1220. The Morgan fingerprint density at radius 1 is 1.09 bits per heavy atom. The lowest BCUT2D eigenvalue weighted by Crippen LogP contribution is -2.41. The van der Waals surface area contributed by atoms with Gasteiger partial charge in [-0.2, -0.15) is 13.2 Å². The number of benzene rings is 1. The number of halogens is 4. The van der Waals surface area contributed by atoms with Crippen molar-refractivity contribution in [2.45, 2.75) is 45.1 Å². The number of aromatic nitrogens is 2. The van der Waals surface area contributed by atoms with Gasteiger partial charge in [-0.1, -0.05) is 0 Å². The van der Waals surface area contributed by atoms with Gasteiger partial charge < -0.3 is 15.0 Å². The predicted molar refractivity (Wildman–Crippen MR) is 110 cm³/mol. The highest BCUT2D eigenvalue weighted by atomic mass is 19.4. The molecule has 168 valence electrons. The van der Waals surface area contributed by atoms with Gasteiger partial charge in [0.1, 0.15) is 22.9 Å². The SMILES string of the molecule is CC1(C)OB(c2ccn3c(C(N)=O)c(-c4cc(C(F)(F)F)ccc4F)nc3c2)OC1(C)C. The molecular weight excluding hydrogens is 429 g/mol. The molecule has 0 atom stereocenters. The van der Waals surface area contributed by atoms with E-state index in [1.54, 1.807) is 12.1 Å². The number of nitrogens with zero attached hydrogens (tertiary/aromatic N) is 2. The zero-order valence-corrected chi connectivity index (χ0v) is 17.7. The second-order valence-electron chi connectivity index (χ2n) is 8.64. The predicted octanol–water partition coefficient (Wildman–Crippen LogP) is 3.56. The Balaban J connectivity index is 1.86. The fourth-order valence-corrected chi connectivity index (χ4v) is 3.49. The van der Waals surface area contributed by atoms with Crippen LogP contribution in [0.5, 0.6) is 0 Å². The highest BCUT2D eigenvalue weighted by Gasteiger charge is 2.51. The Hall–Kier alpha value is -2.92. The molecule has 11 heteroatoms. The summed E-state index contributed by atoms with van der Waals surface area (Å²) in [7, 11) is -0.729. The maximum atomic E-state index is 14.5. The van der Waals surface area contributed by atoms with Gasteiger partial charge in [0.05, 0.1) is 16.8 Å². The molecule has 0 radical (unpaired) electrons. The largest absolute Gasteiger partial charge is 0.495 e. The molecule has 4 rings (SSSR count). The van der Waals surface area contributed by atoms with Crippen LogP contribution in [-0.4, -0.2) is 33.6 Å². The van der Waals surface area contributed by atoms with Crippen LogP contribution in [0.25, 0.3) is 16.9 Å². The second-order valence-corrected chi connectivity index (χ2v) is 8.64. The third-order valence-electron chi connectivity index (χ3n) is 5.96. The first-order chi connectivity index (χ1) is 14.7. The number of rotatable bonds is 3. The molecule has 0 saturated carbocycles.